The Labute approximate surface area is 90.0 Å². The summed E-state index contributed by atoms with van der Waals surface area (Å²) in [7, 11) is 0. The zero-order chi connectivity index (χ0) is 11.3. The van der Waals surface area contributed by atoms with Crippen molar-refractivity contribution in [3.05, 3.63) is 36.9 Å². The molecular formula is C12H16N2O. The molecule has 1 aromatic carbocycles. The average Bonchev–Trinajstić information content (AvgIpc) is 2.22. The summed E-state index contributed by atoms with van der Waals surface area (Å²) in [5.74, 6) is -0.0558. The van der Waals surface area contributed by atoms with Crippen molar-refractivity contribution in [3.63, 3.8) is 0 Å². The lowest BCUT2D eigenvalue weighted by atomic mass is 10.1. The predicted octanol–water partition coefficient (Wildman–Crippen LogP) is 2.42. The molecule has 1 amide bonds. The molecular weight excluding hydrogens is 188 g/mol. The summed E-state index contributed by atoms with van der Waals surface area (Å²) in [5.41, 5.74) is 6.99. The van der Waals surface area contributed by atoms with Crippen LogP contribution in [0.4, 0.5) is 11.4 Å². The number of nitrogen functional groups attached to an aromatic ring is 1. The molecule has 15 heavy (non-hydrogen) atoms. The van der Waals surface area contributed by atoms with E-state index in [0.717, 1.165) is 5.69 Å². The van der Waals surface area contributed by atoms with Gasteiger partial charge in [-0.1, -0.05) is 13.0 Å². The second kappa shape index (κ2) is 5.20. The number of anilines is 2. The van der Waals surface area contributed by atoms with Crippen LogP contribution in [0.3, 0.4) is 0 Å². The van der Waals surface area contributed by atoms with E-state index >= 15 is 0 Å². The second-order valence-electron chi connectivity index (χ2n) is 3.54. The van der Waals surface area contributed by atoms with Crippen molar-refractivity contribution in [2.75, 3.05) is 11.1 Å². The summed E-state index contributed by atoms with van der Waals surface area (Å²) in [4.78, 5) is 11.6. The van der Waals surface area contributed by atoms with Gasteiger partial charge in [0.2, 0.25) is 5.91 Å². The summed E-state index contributed by atoms with van der Waals surface area (Å²) in [6.45, 7) is 5.47. The first-order valence-corrected chi connectivity index (χ1v) is 4.90. The third-order valence-corrected chi connectivity index (χ3v) is 2.15. The number of hydrogen-bond acceptors (Lipinski definition) is 2. The molecule has 0 heterocycles. The maximum Gasteiger partial charge on any atom is 0.227 e. The predicted molar refractivity (Wildman–Crippen MR) is 63.5 cm³/mol. The fourth-order valence-corrected chi connectivity index (χ4v) is 1.19. The van der Waals surface area contributed by atoms with E-state index in [1.54, 1.807) is 30.3 Å². The van der Waals surface area contributed by atoms with Crippen molar-refractivity contribution in [2.45, 2.75) is 13.3 Å². The largest absolute Gasteiger partial charge is 0.399 e. The highest BCUT2D eigenvalue weighted by molar-refractivity contribution is 5.92. The molecule has 0 aromatic heterocycles. The van der Waals surface area contributed by atoms with Gasteiger partial charge in [0.25, 0.3) is 0 Å². The molecule has 80 valence electrons. The highest BCUT2D eigenvalue weighted by Gasteiger charge is 2.10. The minimum absolute atomic E-state index is 0.000304. The van der Waals surface area contributed by atoms with Gasteiger partial charge in [-0.05, 0) is 30.7 Å². The Bertz CT molecular complexity index is 343. The Hall–Kier alpha value is -1.77. The fourth-order valence-electron chi connectivity index (χ4n) is 1.19. The Morgan fingerprint density at radius 2 is 2.13 bits per heavy atom. The van der Waals surface area contributed by atoms with E-state index in [-0.39, 0.29) is 11.8 Å². The van der Waals surface area contributed by atoms with Gasteiger partial charge in [-0.3, -0.25) is 4.79 Å². The molecule has 1 rings (SSSR count). The molecule has 3 nitrogen and oxygen atoms in total. The van der Waals surface area contributed by atoms with Crippen LogP contribution in [0.1, 0.15) is 13.3 Å². The first kappa shape index (κ1) is 11.3. The quantitative estimate of drug-likeness (QED) is 0.584. The summed E-state index contributed by atoms with van der Waals surface area (Å²) in [6.07, 6.45) is 2.42. The lowest BCUT2D eigenvalue weighted by Gasteiger charge is -2.10. The first-order valence-electron chi connectivity index (χ1n) is 4.90. The van der Waals surface area contributed by atoms with Gasteiger partial charge in [0, 0.05) is 17.3 Å². The summed E-state index contributed by atoms with van der Waals surface area (Å²) >= 11 is 0. The van der Waals surface area contributed by atoms with Crippen LogP contribution in [0.15, 0.2) is 36.9 Å². The van der Waals surface area contributed by atoms with Crippen LogP contribution in [0.5, 0.6) is 0 Å². The molecule has 0 aliphatic carbocycles. The van der Waals surface area contributed by atoms with Crippen molar-refractivity contribution in [2.24, 2.45) is 5.92 Å². The van der Waals surface area contributed by atoms with E-state index in [0.29, 0.717) is 12.1 Å². The molecule has 1 atom stereocenters. The van der Waals surface area contributed by atoms with Gasteiger partial charge < -0.3 is 11.1 Å². The van der Waals surface area contributed by atoms with Crippen LogP contribution in [-0.4, -0.2) is 5.91 Å². The van der Waals surface area contributed by atoms with Gasteiger partial charge in [0.05, 0.1) is 0 Å². The van der Waals surface area contributed by atoms with Crippen molar-refractivity contribution >= 4 is 17.3 Å². The van der Waals surface area contributed by atoms with E-state index < -0.39 is 0 Å². The monoisotopic (exact) mass is 204 g/mol. The van der Waals surface area contributed by atoms with Crippen LogP contribution in [0, 0.1) is 5.92 Å². The Kier molecular flexibility index (Phi) is 3.92. The Morgan fingerprint density at radius 1 is 1.53 bits per heavy atom. The number of hydrogen-bond donors (Lipinski definition) is 2. The standard InChI is InChI=1S/C12H16N2O/c1-3-4-9(2)12(15)14-11-7-5-10(13)6-8-11/h3,5-9H,1,4,13H2,2H3,(H,14,15)/t9-/m0/s1. The summed E-state index contributed by atoms with van der Waals surface area (Å²) < 4.78 is 0. The van der Waals surface area contributed by atoms with Crippen LogP contribution in [-0.2, 0) is 4.79 Å². The molecule has 0 bridgehead atoms. The van der Waals surface area contributed by atoms with Crippen LogP contribution in [0.25, 0.3) is 0 Å². The lowest BCUT2D eigenvalue weighted by Crippen LogP contribution is -2.19. The minimum atomic E-state index is -0.0555. The van der Waals surface area contributed by atoms with Gasteiger partial charge in [-0.15, -0.1) is 6.58 Å². The minimum Gasteiger partial charge on any atom is -0.399 e. The molecule has 0 aliphatic heterocycles. The Morgan fingerprint density at radius 3 is 2.67 bits per heavy atom. The topological polar surface area (TPSA) is 55.1 Å². The third-order valence-electron chi connectivity index (χ3n) is 2.15. The number of carbonyl (C=O) groups excluding carboxylic acids is 1. The van der Waals surface area contributed by atoms with Crippen LogP contribution < -0.4 is 11.1 Å². The van der Waals surface area contributed by atoms with Crippen LogP contribution >= 0.6 is 0 Å². The molecule has 0 fully saturated rings. The average molecular weight is 204 g/mol. The number of rotatable bonds is 4. The third kappa shape index (κ3) is 3.46. The molecule has 0 aliphatic rings. The van der Waals surface area contributed by atoms with Crippen molar-refractivity contribution in [3.8, 4) is 0 Å². The lowest BCUT2D eigenvalue weighted by molar-refractivity contribution is -0.119. The Balaban J connectivity index is 2.58. The van der Waals surface area contributed by atoms with Gasteiger partial charge >= 0.3 is 0 Å². The molecule has 0 saturated carbocycles. The van der Waals surface area contributed by atoms with E-state index in [2.05, 4.69) is 11.9 Å². The van der Waals surface area contributed by atoms with E-state index in [1.807, 2.05) is 6.92 Å². The van der Waals surface area contributed by atoms with Gasteiger partial charge in [-0.2, -0.15) is 0 Å². The molecule has 3 heteroatoms. The summed E-state index contributed by atoms with van der Waals surface area (Å²) in [6, 6.07) is 7.09. The van der Waals surface area contributed by atoms with E-state index in [9.17, 15) is 4.79 Å². The fraction of sp³-hybridized carbons (Fsp3) is 0.250. The molecule has 0 saturated heterocycles. The molecule has 3 N–H and O–H groups in total. The van der Waals surface area contributed by atoms with Crippen molar-refractivity contribution < 1.29 is 4.79 Å². The zero-order valence-electron chi connectivity index (χ0n) is 8.86. The molecule has 0 unspecified atom stereocenters. The SMILES string of the molecule is C=CC[C@H](C)C(=O)Nc1ccc(N)cc1. The number of nitrogens with two attached hydrogens (primary N) is 1. The smallest absolute Gasteiger partial charge is 0.227 e. The van der Waals surface area contributed by atoms with Gasteiger partial charge in [0.1, 0.15) is 0 Å². The van der Waals surface area contributed by atoms with E-state index in [1.165, 1.54) is 0 Å². The number of carbonyl (C=O) groups is 1. The van der Waals surface area contributed by atoms with Gasteiger partial charge in [-0.25, -0.2) is 0 Å². The maximum atomic E-state index is 11.6. The molecule has 0 spiro atoms. The molecule has 1 aromatic rings. The number of allylic oxidation sites excluding steroid dienone is 1. The maximum absolute atomic E-state index is 11.6. The first-order chi connectivity index (χ1) is 7.13. The number of benzene rings is 1. The number of nitrogens with one attached hydrogen (secondary N) is 1. The number of amides is 1. The highest BCUT2D eigenvalue weighted by atomic mass is 16.1. The van der Waals surface area contributed by atoms with Crippen molar-refractivity contribution in [1.29, 1.82) is 0 Å². The van der Waals surface area contributed by atoms with Crippen molar-refractivity contribution in [1.82, 2.24) is 0 Å². The normalized spacial score (nSPS) is 11.8. The second-order valence-corrected chi connectivity index (χ2v) is 3.54. The van der Waals surface area contributed by atoms with E-state index in [4.69, 9.17) is 5.73 Å². The highest BCUT2D eigenvalue weighted by Crippen LogP contribution is 2.12. The molecule has 0 radical (unpaired) electrons. The zero-order valence-corrected chi connectivity index (χ0v) is 8.86. The summed E-state index contributed by atoms with van der Waals surface area (Å²) in [5, 5.41) is 2.81. The van der Waals surface area contributed by atoms with Crippen LogP contribution in [0.2, 0.25) is 0 Å². The van der Waals surface area contributed by atoms with Gasteiger partial charge in [0.15, 0.2) is 0 Å².